The van der Waals surface area contributed by atoms with Gasteiger partial charge in [-0.2, -0.15) is 4.98 Å². The fourth-order valence-corrected chi connectivity index (χ4v) is 8.34. The largest absolute Gasteiger partial charge is 0.309 e. The Bertz CT molecular complexity index is 2920. The third-order valence-corrected chi connectivity index (χ3v) is 10.6. The normalized spacial score (nSPS) is 12.9. The Hall–Kier alpha value is -6.72. The van der Waals surface area contributed by atoms with Gasteiger partial charge < -0.3 is 4.57 Å². The van der Waals surface area contributed by atoms with Crippen molar-refractivity contribution in [2.75, 3.05) is 0 Å². The van der Waals surface area contributed by atoms with Crippen LogP contribution < -0.4 is 0 Å². The zero-order valence-corrected chi connectivity index (χ0v) is 27.7. The standard InChI is InChI=1S/C46H31N5/c1-7-19-39-32(13-1)33-14-2-8-20-40(33)49(39)31-27-25-30(26-28-31)38-29-45(50-41-21-9-3-15-34(41)35-16-4-10-22-42(35)50)48-46(47-38)51-43-23-11-5-17-36(43)37-18-6-12-24-44(37)51/h1-5,7-17,19-29H,6,18H2. The monoisotopic (exact) mass is 653 g/mol. The van der Waals surface area contributed by atoms with Gasteiger partial charge in [0, 0.05) is 44.2 Å². The molecule has 11 rings (SSSR count). The van der Waals surface area contributed by atoms with Crippen LogP contribution in [0.15, 0.2) is 158 Å². The summed E-state index contributed by atoms with van der Waals surface area (Å²) in [6.07, 6.45) is 6.55. The highest BCUT2D eigenvalue weighted by Crippen LogP contribution is 2.37. The molecule has 10 aromatic rings. The van der Waals surface area contributed by atoms with Crippen LogP contribution in [0.1, 0.15) is 17.7 Å². The number of hydrogen-bond donors (Lipinski definition) is 0. The van der Waals surface area contributed by atoms with Gasteiger partial charge in [0.05, 0.1) is 39.0 Å². The van der Waals surface area contributed by atoms with Crippen molar-refractivity contribution in [2.24, 2.45) is 0 Å². The fourth-order valence-electron chi connectivity index (χ4n) is 8.34. The number of fused-ring (bicyclic) bond motifs is 9. The van der Waals surface area contributed by atoms with Gasteiger partial charge in [0.15, 0.2) is 0 Å². The SMILES string of the molecule is C1=Cc2c(c3ccccc3n2-c2nc(-c3ccc(-n4c5ccccc5c5ccccc54)cc3)cc(-n3c4ccccc4c4ccccc43)n2)CC1. The van der Waals surface area contributed by atoms with Crippen molar-refractivity contribution in [1.82, 2.24) is 23.7 Å². The number of hydrogen-bond acceptors (Lipinski definition) is 2. The zero-order chi connectivity index (χ0) is 33.5. The first-order chi connectivity index (χ1) is 25.3. The molecule has 4 aromatic heterocycles. The van der Waals surface area contributed by atoms with E-state index in [9.17, 15) is 0 Å². The second kappa shape index (κ2) is 10.9. The lowest BCUT2D eigenvalue weighted by atomic mass is 10.0. The maximum absolute atomic E-state index is 5.41. The topological polar surface area (TPSA) is 40.6 Å². The van der Waals surface area contributed by atoms with Crippen LogP contribution in [0.5, 0.6) is 0 Å². The maximum atomic E-state index is 5.41. The van der Waals surface area contributed by atoms with Crippen LogP contribution in [-0.4, -0.2) is 23.7 Å². The van der Waals surface area contributed by atoms with E-state index < -0.39 is 0 Å². The molecule has 51 heavy (non-hydrogen) atoms. The van der Waals surface area contributed by atoms with Crippen LogP contribution >= 0.6 is 0 Å². The minimum absolute atomic E-state index is 0.667. The Morgan fingerprint density at radius 2 is 0.941 bits per heavy atom. The van der Waals surface area contributed by atoms with Crippen molar-refractivity contribution in [2.45, 2.75) is 12.8 Å². The number of allylic oxidation sites excluding steroid dienone is 1. The van der Waals surface area contributed by atoms with Crippen LogP contribution in [0, 0.1) is 0 Å². The first-order valence-electron chi connectivity index (χ1n) is 17.6. The van der Waals surface area contributed by atoms with Crippen LogP contribution in [-0.2, 0) is 6.42 Å². The van der Waals surface area contributed by atoms with E-state index in [-0.39, 0.29) is 0 Å². The molecule has 6 aromatic carbocycles. The minimum Gasteiger partial charge on any atom is -0.309 e. The first-order valence-corrected chi connectivity index (χ1v) is 17.6. The number of aromatic nitrogens is 5. The molecule has 0 unspecified atom stereocenters. The van der Waals surface area contributed by atoms with E-state index in [2.05, 4.69) is 178 Å². The fraction of sp³-hybridized carbons (Fsp3) is 0.0435. The molecule has 0 bridgehead atoms. The lowest BCUT2D eigenvalue weighted by Gasteiger charge is -2.15. The molecule has 0 spiro atoms. The van der Waals surface area contributed by atoms with Crippen molar-refractivity contribution in [3.8, 4) is 28.7 Å². The van der Waals surface area contributed by atoms with Crippen LogP contribution in [0.25, 0.3) is 89.3 Å². The molecule has 0 N–H and O–H groups in total. The molecule has 5 heteroatoms. The van der Waals surface area contributed by atoms with Crippen molar-refractivity contribution >= 4 is 60.6 Å². The highest BCUT2D eigenvalue weighted by molar-refractivity contribution is 6.10. The predicted molar refractivity (Wildman–Crippen MR) is 210 cm³/mol. The highest BCUT2D eigenvalue weighted by atomic mass is 15.2. The Balaban J connectivity index is 1.16. The second-order valence-corrected chi connectivity index (χ2v) is 13.4. The Morgan fingerprint density at radius 1 is 0.451 bits per heavy atom. The number of nitrogens with zero attached hydrogens (tertiary/aromatic N) is 5. The Kier molecular flexibility index (Phi) is 6.01. The van der Waals surface area contributed by atoms with Crippen molar-refractivity contribution in [3.63, 3.8) is 0 Å². The summed E-state index contributed by atoms with van der Waals surface area (Å²) in [5, 5.41) is 6.18. The van der Waals surface area contributed by atoms with Crippen molar-refractivity contribution in [3.05, 3.63) is 169 Å². The molecule has 4 heterocycles. The van der Waals surface area contributed by atoms with Crippen LogP contribution in [0.3, 0.4) is 0 Å². The summed E-state index contributed by atoms with van der Waals surface area (Å²) in [7, 11) is 0. The summed E-state index contributed by atoms with van der Waals surface area (Å²) < 4.78 is 6.90. The molecule has 0 amide bonds. The molecule has 240 valence electrons. The average molecular weight is 654 g/mol. The van der Waals surface area contributed by atoms with E-state index in [1.54, 1.807) is 0 Å². The molecular formula is C46H31N5. The van der Waals surface area contributed by atoms with Crippen molar-refractivity contribution < 1.29 is 0 Å². The smallest absolute Gasteiger partial charge is 0.237 e. The second-order valence-electron chi connectivity index (χ2n) is 13.4. The van der Waals surface area contributed by atoms with Gasteiger partial charge in [-0.3, -0.25) is 9.13 Å². The number of rotatable bonds is 4. The molecule has 5 nitrogen and oxygen atoms in total. The van der Waals surface area contributed by atoms with Gasteiger partial charge in [0.1, 0.15) is 5.82 Å². The zero-order valence-electron chi connectivity index (χ0n) is 27.7. The first kappa shape index (κ1) is 28.2. The minimum atomic E-state index is 0.667. The summed E-state index contributed by atoms with van der Waals surface area (Å²) in [5.41, 5.74) is 11.3. The third-order valence-electron chi connectivity index (χ3n) is 10.6. The Morgan fingerprint density at radius 3 is 1.51 bits per heavy atom. The van der Waals surface area contributed by atoms with Gasteiger partial charge in [0.25, 0.3) is 0 Å². The van der Waals surface area contributed by atoms with E-state index in [4.69, 9.17) is 9.97 Å². The average Bonchev–Trinajstić information content (AvgIpc) is 3.84. The van der Waals surface area contributed by atoms with Gasteiger partial charge in [-0.05, 0) is 66.9 Å². The van der Waals surface area contributed by atoms with Gasteiger partial charge in [-0.15, -0.1) is 0 Å². The molecule has 0 fully saturated rings. The summed E-state index contributed by atoms with van der Waals surface area (Å²) in [4.78, 5) is 10.8. The van der Waals surface area contributed by atoms with Crippen molar-refractivity contribution in [1.29, 1.82) is 0 Å². The summed E-state index contributed by atoms with van der Waals surface area (Å²) in [6, 6.07) is 54.1. The lowest BCUT2D eigenvalue weighted by molar-refractivity contribution is 0.903. The summed E-state index contributed by atoms with van der Waals surface area (Å²) in [6.45, 7) is 0. The third kappa shape index (κ3) is 4.15. The number of aryl methyl sites for hydroxylation is 1. The van der Waals surface area contributed by atoms with Crippen LogP contribution in [0.2, 0.25) is 0 Å². The van der Waals surface area contributed by atoms with Gasteiger partial charge in [-0.1, -0.05) is 109 Å². The molecule has 0 radical (unpaired) electrons. The summed E-state index contributed by atoms with van der Waals surface area (Å²) in [5.74, 6) is 1.50. The van der Waals surface area contributed by atoms with E-state index in [1.165, 1.54) is 43.5 Å². The van der Waals surface area contributed by atoms with Gasteiger partial charge in [-0.25, -0.2) is 4.98 Å². The molecule has 1 aliphatic carbocycles. The molecule has 0 aliphatic heterocycles. The van der Waals surface area contributed by atoms with E-state index >= 15 is 0 Å². The number of benzene rings is 6. The van der Waals surface area contributed by atoms with E-state index in [0.717, 1.165) is 57.8 Å². The molecule has 0 saturated carbocycles. The molecule has 0 saturated heterocycles. The van der Waals surface area contributed by atoms with Crippen LogP contribution in [0.4, 0.5) is 0 Å². The van der Waals surface area contributed by atoms with Gasteiger partial charge in [0.2, 0.25) is 5.95 Å². The summed E-state index contributed by atoms with van der Waals surface area (Å²) >= 11 is 0. The van der Waals surface area contributed by atoms with E-state index in [0.29, 0.717) is 5.95 Å². The quantitative estimate of drug-likeness (QED) is 0.190. The Labute approximate surface area is 294 Å². The van der Waals surface area contributed by atoms with E-state index in [1.807, 2.05) is 0 Å². The molecule has 1 aliphatic rings. The highest BCUT2D eigenvalue weighted by Gasteiger charge is 2.22. The molecular weight excluding hydrogens is 623 g/mol. The maximum Gasteiger partial charge on any atom is 0.237 e. The number of para-hydroxylation sites is 5. The predicted octanol–water partition coefficient (Wildman–Crippen LogP) is 11.2. The van der Waals surface area contributed by atoms with Gasteiger partial charge >= 0.3 is 0 Å². The molecule has 0 atom stereocenters. The lowest BCUT2D eigenvalue weighted by Crippen LogP contribution is -2.09.